The number of aliphatic imine (C=N–C) groups is 1. The van der Waals surface area contributed by atoms with E-state index in [-0.39, 0.29) is 5.56 Å². The van der Waals surface area contributed by atoms with E-state index in [1.54, 1.807) is 30.6 Å². The van der Waals surface area contributed by atoms with Crippen molar-refractivity contribution in [2.24, 2.45) is 4.99 Å². The number of hydrogen-bond acceptors (Lipinski definition) is 5. The minimum absolute atomic E-state index is 0.204. The van der Waals surface area contributed by atoms with Crippen LogP contribution in [-0.4, -0.2) is 26.2 Å². The lowest BCUT2D eigenvalue weighted by molar-refractivity contribution is 0.0697. The van der Waals surface area contributed by atoms with Crippen molar-refractivity contribution in [2.75, 3.05) is 5.32 Å². The van der Waals surface area contributed by atoms with Crippen LogP contribution < -0.4 is 5.32 Å². The maximum Gasteiger partial charge on any atom is 0.335 e. The van der Waals surface area contributed by atoms with Crippen LogP contribution in [0, 0.1) is 0 Å². The van der Waals surface area contributed by atoms with Gasteiger partial charge in [-0.05, 0) is 60.0 Å². The normalized spacial score (nSPS) is 14.6. The van der Waals surface area contributed by atoms with Gasteiger partial charge in [0, 0.05) is 44.3 Å². The lowest BCUT2D eigenvalue weighted by Gasteiger charge is -2.22. The van der Waals surface area contributed by atoms with E-state index in [1.165, 1.54) is 12.1 Å². The van der Waals surface area contributed by atoms with E-state index in [2.05, 4.69) is 37.3 Å². The van der Waals surface area contributed by atoms with Crippen LogP contribution in [0.5, 0.6) is 0 Å². The summed E-state index contributed by atoms with van der Waals surface area (Å²) in [5.74, 6) is -0.600. The molecule has 1 aliphatic carbocycles. The highest BCUT2D eigenvalue weighted by Gasteiger charge is 2.26. The molecule has 2 aromatic carbocycles. The van der Waals surface area contributed by atoms with Crippen LogP contribution in [0.3, 0.4) is 0 Å². The average Bonchev–Trinajstić information content (AvgIpc) is 2.98. The van der Waals surface area contributed by atoms with Crippen molar-refractivity contribution in [1.29, 1.82) is 0 Å². The molecule has 6 nitrogen and oxygen atoms in total. The number of benzene rings is 2. The summed E-state index contributed by atoms with van der Waals surface area (Å²) in [7, 11) is 0. The third kappa shape index (κ3) is 4.30. The summed E-state index contributed by atoms with van der Waals surface area (Å²) in [5, 5.41) is 13.2. The van der Waals surface area contributed by atoms with E-state index in [1.807, 2.05) is 18.2 Å². The number of carbonyl (C=O) groups is 1. The second-order valence-corrected chi connectivity index (χ2v) is 9.19. The Bertz CT molecular complexity index is 1440. The van der Waals surface area contributed by atoms with Crippen molar-refractivity contribution in [3.63, 3.8) is 0 Å². The Morgan fingerprint density at radius 2 is 1.85 bits per heavy atom. The minimum atomic E-state index is -0.982. The Balaban J connectivity index is 1.54. The molecule has 2 aliphatic rings. The Morgan fingerprint density at radius 3 is 2.59 bits per heavy atom. The van der Waals surface area contributed by atoms with Gasteiger partial charge in [0.05, 0.1) is 11.3 Å². The van der Waals surface area contributed by atoms with Crippen LogP contribution in [0.15, 0.2) is 82.1 Å². The Hall–Kier alpha value is -3.26. The Labute approximate surface area is 213 Å². The lowest BCUT2D eigenvalue weighted by atomic mass is 9.85. The van der Waals surface area contributed by atoms with Gasteiger partial charge in [0.1, 0.15) is 5.17 Å². The zero-order valence-electron chi connectivity index (χ0n) is 17.4. The zero-order valence-corrected chi connectivity index (χ0v) is 20.5. The van der Waals surface area contributed by atoms with E-state index >= 15 is 0 Å². The summed E-state index contributed by atoms with van der Waals surface area (Å²) >= 11 is 16.6. The summed E-state index contributed by atoms with van der Waals surface area (Å²) in [4.78, 5) is 24.7. The molecule has 5 rings (SSSR count). The average molecular weight is 554 g/mol. The first kappa shape index (κ1) is 22.5. The number of aromatic nitrogens is 2. The fourth-order valence-electron chi connectivity index (χ4n) is 3.83. The van der Waals surface area contributed by atoms with Crippen LogP contribution in [0.1, 0.15) is 27.2 Å². The number of rotatable bonds is 4. The number of carboxylic acid groups (broad SMARTS) is 1. The van der Waals surface area contributed by atoms with E-state index in [0.717, 1.165) is 38.0 Å². The highest BCUT2D eigenvalue weighted by atomic mass is 79.9. The summed E-state index contributed by atoms with van der Waals surface area (Å²) < 4.78 is 0.846. The van der Waals surface area contributed by atoms with E-state index in [0.29, 0.717) is 28.3 Å². The minimum Gasteiger partial charge on any atom is -0.478 e. The molecule has 0 spiro atoms. The van der Waals surface area contributed by atoms with Crippen LogP contribution in [0.2, 0.25) is 5.02 Å². The molecule has 3 aromatic rings. The largest absolute Gasteiger partial charge is 0.478 e. The zero-order chi connectivity index (χ0) is 23.8. The highest BCUT2D eigenvalue weighted by Crippen LogP contribution is 2.44. The van der Waals surface area contributed by atoms with Crippen LogP contribution in [-0.2, 0) is 6.42 Å². The summed E-state index contributed by atoms with van der Waals surface area (Å²) in [6, 6.07) is 12.0. The summed E-state index contributed by atoms with van der Waals surface area (Å²) in [6.07, 6.45) is 8.01. The van der Waals surface area contributed by atoms with Crippen molar-refractivity contribution in [2.45, 2.75) is 6.42 Å². The van der Waals surface area contributed by atoms with Gasteiger partial charge in [0.15, 0.2) is 0 Å². The van der Waals surface area contributed by atoms with E-state index in [4.69, 9.17) is 33.3 Å². The predicted molar refractivity (Wildman–Crippen MR) is 139 cm³/mol. The first-order valence-electron chi connectivity index (χ1n) is 10.2. The quantitative estimate of drug-likeness (QED) is 0.367. The number of allylic oxidation sites excluding steroid dienone is 5. The van der Waals surface area contributed by atoms with Crippen LogP contribution in [0.25, 0.3) is 11.1 Å². The standard InChI is InChI=1S/C25H15BrCl2N4O2/c26-19-2-1-3-20(27)22(19)17-10-21(28)29-12-18-16(17)9-6-14-11-30-25(32-23(14)18)31-15-7-4-13(5-8-15)24(33)34/h1-5,7-12H,6H2,(H,33,34)(H,30,31,32). The summed E-state index contributed by atoms with van der Waals surface area (Å²) in [6.45, 7) is 0. The molecule has 0 fully saturated rings. The van der Waals surface area contributed by atoms with Gasteiger partial charge in [-0.1, -0.05) is 51.3 Å². The molecule has 1 aliphatic heterocycles. The molecule has 0 atom stereocenters. The SMILES string of the molecule is O=C(O)c1ccc(Nc2ncc3c(n2)C2=CN=C(Cl)C=C(c4c(Cl)cccc4Br)C2=CC3)cc1. The number of halogens is 3. The van der Waals surface area contributed by atoms with Gasteiger partial charge in [0.2, 0.25) is 5.95 Å². The molecular formula is C25H15BrCl2N4O2. The monoisotopic (exact) mass is 552 g/mol. The van der Waals surface area contributed by atoms with Gasteiger partial charge < -0.3 is 10.4 Å². The number of hydrogen-bond donors (Lipinski definition) is 2. The first-order chi connectivity index (χ1) is 16.4. The second-order valence-electron chi connectivity index (χ2n) is 7.55. The first-order valence-corrected chi connectivity index (χ1v) is 11.7. The van der Waals surface area contributed by atoms with Crippen LogP contribution in [0.4, 0.5) is 11.6 Å². The number of nitrogens with one attached hydrogen (secondary N) is 1. The van der Waals surface area contributed by atoms with Gasteiger partial charge in [-0.3, -0.25) is 0 Å². The maximum absolute atomic E-state index is 11.1. The topological polar surface area (TPSA) is 87.5 Å². The third-order valence-electron chi connectivity index (χ3n) is 5.43. The van der Waals surface area contributed by atoms with E-state index < -0.39 is 5.97 Å². The lowest BCUT2D eigenvalue weighted by Crippen LogP contribution is -2.10. The molecule has 34 heavy (non-hydrogen) atoms. The predicted octanol–water partition coefficient (Wildman–Crippen LogP) is 6.89. The number of fused-ring (bicyclic) bond motifs is 3. The summed E-state index contributed by atoms with van der Waals surface area (Å²) in [5.41, 5.74) is 5.97. The van der Waals surface area contributed by atoms with Crippen LogP contribution >= 0.6 is 39.1 Å². The molecule has 168 valence electrons. The smallest absolute Gasteiger partial charge is 0.335 e. The fourth-order valence-corrected chi connectivity index (χ4v) is 4.96. The maximum atomic E-state index is 11.1. The van der Waals surface area contributed by atoms with Crippen molar-refractivity contribution in [3.05, 3.63) is 104 Å². The Kier molecular flexibility index (Phi) is 6.08. The molecule has 0 amide bonds. The molecule has 0 saturated carbocycles. The fraction of sp³-hybridized carbons (Fsp3) is 0.0400. The molecule has 2 heterocycles. The molecule has 1 aromatic heterocycles. The van der Waals surface area contributed by atoms with Gasteiger partial charge in [0.25, 0.3) is 0 Å². The van der Waals surface area contributed by atoms with Crippen molar-refractivity contribution in [3.8, 4) is 0 Å². The van der Waals surface area contributed by atoms with Crippen molar-refractivity contribution in [1.82, 2.24) is 9.97 Å². The van der Waals surface area contributed by atoms with Crippen molar-refractivity contribution < 1.29 is 9.90 Å². The Morgan fingerprint density at radius 1 is 1.06 bits per heavy atom. The van der Waals surface area contributed by atoms with Gasteiger partial charge in [-0.2, -0.15) is 0 Å². The number of carboxylic acids is 1. The van der Waals surface area contributed by atoms with Gasteiger partial charge in [-0.25, -0.2) is 19.8 Å². The van der Waals surface area contributed by atoms with Gasteiger partial charge in [-0.15, -0.1) is 0 Å². The highest BCUT2D eigenvalue weighted by molar-refractivity contribution is 9.10. The second kappa shape index (κ2) is 9.18. The molecule has 2 N–H and O–H groups in total. The molecule has 0 radical (unpaired) electrons. The molecule has 0 bridgehead atoms. The molecular weight excluding hydrogens is 539 g/mol. The number of anilines is 2. The van der Waals surface area contributed by atoms with Crippen molar-refractivity contribution >= 4 is 73.1 Å². The number of nitrogens with zero attached hydrogens (tertiary/aromatic N) is 3. The van der Waals surface area contributed by atoms with E-state index in [9.17, 15) is 4.79 Å². The molecule has 0 unspecified atom stereocenters. The molecule has 0 saturated heterocycles. The third-order valence-corrected chi connectivity index (χ3v) is 6.61. The van der Waals surface area contributed by atoms with Gasteiger partial charge >= 0.3 is 5.97 Å². The number of aromatic carboxylic acids is 1. The molecule has 9 heteroatoms.